The summed E-state index contributed by atoms with van der Waals surface area (Å²) in [6, 6.07) is 33.3. The third kappa shape index (κ3) is 13.4. The van der Waals surface area contributed by atoms with Gasteiger partial charge in [0.2, 0.25) is 0 Å². The van der Waals surface area contributed by atoms with E-state index in [1.807, 2.05) is 80.6 Å². The number of hydrogen-bond donors (Lipinski definition) is 5. The summed E-state index contributed by atoms with van der Waals surface area (Å²) < 4.78 is 59.1. The highest BCUT2D eigenvalue weighted by molar-refractivity contribution is 7.86. The Bertz CT molecular complexity index is 1840. The number of benzene rings is 3. The van der Waals surface area contributed by atoms with Crippen molar-refractivity contribution in [2.45, 2.75) is 48.7 Å². The number of aryl methyl sites for hydroxylation is 2. The van der Waals surface area contributed by atoms with Crippen LogP contribution >= 0.6 is 0 Å². The molecule has 2 heterocycles. The molecule has 0 bridgehead atoms. The SMILES string of the molecule is Cc1ccc(S(=O)(=O)O)cc1.Cc1ccc(S(=O)(=O)O)cc1.N[C@@H](Cc1ccccc1)[C@H](O)CNCc1cccc(-c2ccccn2)n1. The molecule has 48 heavy (non-hydrogen) atoms. The van der Waals surface area contributed by atoms with Gasteiger partial charge in [-0.25, -0.2) is 4.98 Å². The quantitative estimate of drug-likeness (QED) is 0.128. The molecule has 0 aliphatic heterocycles. The van der Waals surface area contributed by atoms with E-state index in [4.69, 9.17) is 14.8 Å². The van der Waals surface area contributed by atoms with E-state index < -0.39 is 26.3 Å². The Balaban J connectivity index is 0.000000233. The van der Waals surface area contributed by atoms with E-state index in [-0.39, 0.29) is 15.8 Å². The van der Waals surface area contributed by atoms with E-state index in [9.17, 15) is 21.9 Å². The number of pyridine rings is 2. The van der Waals surface area contributed by atoms with Crippen LogP contribution in [0.4, 0.5) is 0 Å². The molecule has 0 saturated heterocycles. The zero-order valence-electron chi connectivity index (χ0n) is 26.6. The van der Waals surface area contributed by atoms with Gasteiger partial charge in [-0.2, -0.15) is 16.8 Å². The predicted molar refractivity (Wildman–Crippen MR) is 185 cm³/mol. The highest BCUT2D eigenvalue weighted by Crippen LogP contribution is 2.14. The number of aliphatic hydroxyl groups excluding tert-OH is 1. The summed E-state index contributed by atoms with van der Waals surface area (Å²) in [5.74, 6) is 0. The van der Waals surface area contributed by atoms with Gasteiger partial charge >= 0.3 is 0 Å². The molecule has 5 rings (SSSR count). The number of aromatic nitrogens is 2. The first-order valence-corrected chi connectivity index (χ1v) is 17.7. The van der Waals surface area contributed by atoms with Crippen molar-refractivity contribution in [3.63, 3.8) is 0 Å². The van der Waals surface area contributed by atoms with Crippen molar-refractivity contribution in [3.05, 3.63) is 144 Å². The molecule has 13 heteroatoms. The van der Waals surface area contributed by atoms with Crippen molar-refractivity contribution in [1.29, 1.82) is 0 Å². The molecule has 2 aromatic heterocycles. The van der Waals surface area contributed by atoms with Crippen LogP contribution in [-0.2, 0) is 33.2 Å². The van der Waals surface area contributed by atoms with E-state index in [0.717, 1.165) is 33.8 Å². The minimum atomic E-state index is -4.02. The molecule has 2 atom stereocenters. The molecule has 3 aromatic carbocycles. The maximum Gasteiger partial charge on any atom is 0.294 e. The maximum absolute atomic E-state index is 10.5. The summed E-state index contributed by atoms with van der Waals surface area (Å²) in [4.78, 5) is 8.80. The average molecular weight is 693 g/mol. The maximum atomic E-state index is 10.5. The van der Waals surface area contributed by atoms with Gasteiger partial charge in [0.15, 0.2) is 0 Å². The highest BCUT2D eigenvalue weighted by atomic mass is 32.2. The van der Waals surface area contributed by atoms with Crippen LogP contribution in [0.5, 0.6) is 0 Å². The molecular weight excluding hydrogens is 653 g/mol. The van der Waals surface area contributed by atoms with Crippen LogP contribution in [0.1, 0.15) is 22.4 Å². The van der Waals surface area contributed by atoms with Crippen molar-refractivity contribution < 1.29 is 31.0 Å². The van der Waals surface area contributed by atoms with Gasteiger partial charge in [0.05, 0.1) is 33.0 Å². The fourth-order valence-corrected chi connectivity index (χ4v) is 5.14. The van der Waals surface area contributed by atoms with Gasteiger partial charge in [-0.15, -0.1) is 0 Å². The van der Waals surface area contributed by atoms with E-state index in [1.54, 1.807) is 30.5 Å². The minimum Gasteiger partial charge on any atom is -0.390 e. The second-order valence-electron chi connectivity index (χ2n) is 10.9. The van der Waals surface area contributed by atoms with Crippen molar-refractivity contribution >= 4 is 20.2 Å². The van der Waals surface area contributed by atoms with Crippen molar-refractivity contribution in [1.82, 2.24) is 15.3 Å². The van der Waals surface area contributed by atoms with Crippen LogP contribution in [0.25, 0.3) is 11.4 Å². The van der Waals surface area contributed by atoms with Gasteiger partial charge in [-0.05, 0) is 74.4 Å². The van der Waals surface area contributed by atoms with Crippen LogP contribution in [0, 0.1) is 13.8 Å². The second kappa shape index (κ2) is 18.3. The molecule has 0 radical (unpaired) electrons. The predicted octanol–water partition coefficient (Wildman–Crippen LogP) is 4.65. The smallest absolute Gasteiger partial charge is 0.294 e. The Morgan fingerprint density at radius 1 is 0.688 bits per heavy atom. The minimum absolute atomic E-state index is 0.0666. The summed E-state index contributed by atoms with van der Waals surface area (Å²) in [7, 11) is -8.04. The molecular formula is C35H40N4O7S2. The molecule has 254 valence electrons. The Morgan fingerprint density at radius 2 is 1.21 bits per heavy atom. The van der Waals surface area contributed by atoms with Crippen molar-refractivity contribution in [2.75, 3.05) is 6.54 Å². The van der Waals surface area contributed by atoms with Gasteiger partial charge < -0.3 is 16.2 Å². The Labute approximate surface area is 282 Å². The van der Waals surface area contributed by atoms with E-state index in [2.05, 4.69) is 15.3 Å². The van der Waals surface area contributed by atoms with Gasteiger partial charge in [0, 0.05) is 25.3 Å². The molecule has 0 aliphatic carbocycles. The summed E-state index contributed by atoms with van der Waals surface area (Å²) in [5, 5.41) is 13.5. The molecule has 6 N–H and O–H groups in total. The van der Waals surface area contributed by atoms with Crippen LogP contribution in [0.15, 0.2) is 131 Å². The molecule has 0 spiro atoms. The van der Waals surface area contributed by atoms with Crippen LogP contribution in [0.3, 0.4) is 0 Å². The fourth-order valence-electron chi connectivity index (χ4n) is 4.18. The monoisotopic (exact) mass is 692 g/mol. The average Bonchev–Trinajstić information content (AvgIpc) is 3.06. The van der Waals surface area contributed by atoms with E-state index in [1.165, 1.54) is 24.3 Å². The number of nitrogens with one attached hydrogen (secondary N) is 1. The van der Waals surface area contributed by atoms with E-state index in [0.29, 0.717) is 19.5 Å². The molecule has 0 aliphatic rings. The largest absolute Gasteiger partial charge is 0.390 e. The molecule has 5 aromatic rings. The molecule has 11 nitrogen and oxygen atoms in total. The third-order valence-corrected chi connectivity index (χ3v) is 8.58. The Morgan fingerprint density at radius 3 is 1.71 bits per heavy atom. The summed E-state index contributed by atoms with van der Waals surface area (Å²) in [6.45, 7) is 4.67. The zero-order valence-corrected chi connectivity index (χ0v) is 28.2. The molecule has 0 fully saturated rings. The molecule has 0 saturated carbocycles. The standard InChI is InChI=1S/C21H24N4O.2C7H8O3S/c22-18(13-16-7-2-1-3-8-16)21(26)15-23-14-17-9-6-11-20(25-17)19-10-4-5-12-24-19;2*1-6-2-4-7(5-3-6)11(8,9)10/h1-12,18,21,23,26H,13-15,22H2;2*2-5H,1H3,(H,8,9,10)/t18-,21+;;/m0../s1. The summed E-state index contributed by atoms with van der Waals surface area (Å²) >= 11 is 0. The van der Waals surface area contributed by atoms with Crippen LogP contribution in [0.2, 0.25) is 0 Å². The lowest BCUT2D eigenvalue weighted by atomic mass is 10.0. The van der Waals surface area contributed by atoms with E-state index >= 15 is 0 Å². The van der Waals surface area contributed by atoms with Gasteiger partial charge in [0.25, 0.3) is 20.2 Å². The number of hydrogen-bond acceptors (Lipinski definition) is 9. The Kier molecular flexibility index (Phi) is 14.5. The topological polar surface area (TPSA) is 193 Å². The van der Waals surface area contributed by atoms with Crippen LogP contribution < -0.4 is 11.1 Å². The van der Waals surface area contributed by atoms with Crippen LogP contribution in [-0.4, -0.2) is 59.7 Å². The van der Waals surface area contributed by atoms with Gasteiger partial charge in [0.1, 0.15) is 0 Å². The first-order chi connectivity index (χ1) is 22.7. The third-order valence-electron chi connectivity index (χ3n) is 6.84. The summed E-state index contributed by atoms with van der Waals surface area (Å²) in [5.41, 5.74) is 11.7. The first kappa shape index (κ1) is 38.1. The second-order valence-corrected chi connectivity index (χ2v) is 13.7. The summed E-state index contributed by atoms with van der Waals surface area (Å²) in [6.07, 6.45) is 1.79. The normalized spacial score (nSPS) is 12.5. The number of rotatable bonds is 10. The number of nitrogens with two attached hydrogens (primary N) is 1. The molecule has 0 unspecified atom stereocenters. The van der Waals surface area contributed by atoms with Crippen molar-refractivity contribution in [2.24, 2.45) is 5.73 Å². The van der Waals surface area contributed by atoms with Gasteiger partial charge in [-0.3, -0.25) is 14.1 Å². The van der Waals surface area contributed by atoms with Crippen molar-refractivity contribution in [3.8, 4) is 11.4 Å². The lowest BCUT2D eigenvalue weighted by molar-refractivity contribution is 0.141. The lowest BCUT2D eigenvalue weighted by Crippen LogP contribution is -2.43. The lowest BCUT2D eigenvalue weighted by Gasteiger charge is -2.19. The highest BCUT2D eigenvalue weighted by Gasteiger charge is 2.15. The first-order valence-electron chi connectivity index (χ1n) is 14.9. The number of aliphatic hydroxyl groups is 1. The zero-order chi connectivity index (χ0) is 35.2. The fraction of sp³-hybridized carbons (Fsp3) is 0.200. The van der Waals surface area contributed by atoms with Gasteiger partial charge in [-0.1, -0.05) is 77.9 Å². The molecule has 0 amide bonds. The Hall–Kier alpha value is -4.34. The number of nitrogens with zero attached hydrogens (tertiary/aromatic N) is 2.